The van der Waals surface area contributed by atoms with Gasteiger partial charge >= 0.3 is 0 Å². The van der Waals surface area contributed by atoms with Crippen molar-refractivity contribution in [1.29, 1.82) is 0 Å². The van der Waals surface area contributed by atoms with Crippen molar-refractivity contribution in [3.05, 3.63) is 28.9 Å². The van der Waals surface area contributed by atoms with E-state index in [4.69, 9.17) is 10.5 Å². The molecule has 0 amide bonds. The summed E-state index contributed by atoms with van der Waals surface area (Å²) in [5, 5.41) is 1.04. The van der Waals surface area contributed by atoms with Crippen molar-refractivity contribution in [2.75, 3.05) is 31.4 Å². The highest BCUT2D eigenvalue weighted by atomic mass is 79.9. The van der Waals surface area contributed by atoms with Gasteiger partial charge in [-0.25, -0.2) is 0 Å². The van der Waals surface area contributed by atoms with Gasteiger partial charge in [-0.3, -0.25) is 4.98 Å². The molecule has 2 rings (SSSR count). The Labute approximate surface area is 121 Å². The van der Waals surface area contributed by atoms with Crippen LogP contribution >= 0.6 is 15.9 Å². The third-order valence-electron chi connectivity index (χ3n) is 3.25. The number of likely N-dealkylation sites (N-methyl/N-ethyl adjacent to an activating group) is 1. The Morgan fingerprint density at radius 2 is 2.21 bits per heavy atom. The summed E-state index contributed by atoms with van der Waals surface area (Å²) in [6.45, 7) is 2.75. The van der Waals surface area contributed by atoms with E-state index in [0.717, 1.165) is 21.1 Å². The highest BCUT2D eigenvalue weighted by Gasteiger charge is 2.16. The molecule has 1 aromatic carbocycles. The number of rotatable bonds is 4. The van der Waals surface area contributed by atoms with Gasteiger partial charge in [0.25, 0.3) is 0 Å². The Bertz CT molecular complexity index is 583. The minimum absolute atomic E-state index is 0.233. The Morgan fingerprint density at radius 3 is 2.89 bits per heavy atom. The molecule has 0 aliphatic heterocycles. The molecule has 1 unspecified atom stereocenters. The molecule has 102 valence electrons. The number of pyridine rings is 1. The fraction of sp³-hybridized carbons (Fsp3) is 0.357. The van der Waals surface area contributed by atoms with E-state index in [1.807, 2.05) is 25.2 Å². The molecule has 0 aliphatic carbocycles. The van der Waals surface area contributed by atoms with Crippen LogP contribution in [0.3, 0.4) is 0 Å². The smallest absolute Gasteiger partial charge is 0.0745 e. The molecule has 5 heteroatoms. The lowest BCUT2D eigenvalue weighted by atomic mass is 10.1. The number of nitrogen functional groups attached to an aromatic ring is 1. The zero-order valence-electron chi connectivity index (χ0n) is 11.4. The summed E-state index contributed by atoms with van der Waals surface area (Å²) in [5.41, 5.74) is 8.72. The standard InChI is InChI=1S/C14H18BrN3O/c1-9(8-19-3)18(2)14-11-6-10(15)4-5-13(11)17-7-12(14)16/h4-7,9H,8,16H2,1-3H3. The number of benzene rings is 1. The molecule has 0 radical (unpaired) electrons. The van der Waals surface area contributed by atoms with Crippen LogP contribution in [0, 0.1) is 0 Å². The quantitative estimate of drug-likeness (QED) is 0.939. The van der Waals surface area contributed by atoms with Crippen molar-refractivity contribution >= 4 is 38.2 Å². The molecule has 0 saturated carbocycles. The number of halogens is 1. The molecule has 19 heavy (non-hydrogen) atoms. The van der Waals surface area contributed by atoms with Crippen LogP contribution in [-0.2, 0) is 4.74 Å². The van der Waals surface area contributed by atoms with E-state index < -0.39 is 0 Å². The average molecular weight is 324 g/mol. The number of anilines is 2. The minimum Gasteiger partial charge on any atom is -0.396 e. The second-order valence-electron chi connectivity index (χ2n) is 4.64. The van der Waals surface area contributed by atoms with Crippen LogP contribution in [0.25, 0.3) is 10.9 Å². The van der Waals surface area contributed by atoms with Gasteiger partial charge in [-0.1, -0.05) is 15.9 Å². The van der Waals surface area contributed by atoms with Gasteiger partial charge < -0.3 is 15.4 Å². The van der Waals surface area contributed by atoms with E-state index in [1.165, 1.54) is 0 Å². The largest absolute Gasteiger partial charge is 0.396 e. The van der Waals surface area contributed by atoms with E-state index in [-0.39, 0.29) is 6.04 Å². The Kier molecular flexibility index (Phi) is 4.27. The van der Waals surface area contributed by atoms with Gasteiger partial charge in [0.05, 0.1) is 29.7 Å². The summed E-state index contributed by atoms with van der Waals surface area (Å²) in [6.07, 6.45) is 1.71. The zero-order valence-corrected chi connectivity index (χ0v) is 12.9. The predicted octanol–water partition coefficient (Wildman–Crippen LogP) is 3.05. The van der Waals surface area contributed by atoms with Crippen molar-refractivity contribution in [2.24, 2.45) is 0 Å². The summed E-state index contributed by atoms with van der Waals surface area (Å²) in [7, 11) is 3.73. The first-order valence-electron chi connectivity index (χ1n) is 6.10. The van der Waals surface area contributed by atoms with E-state index in [1.54, 1.807) is 13.3 Å². The number of nitrogens with two attached hydrogens (primary N) is 1. The second-order valence-corrected chi connectivity index (χ2v) is 5.55. The van der Waals surface area contributed by atoms with Crippen LogP contribution in [-0.4, -0.2) is 31.8 Å². The number of fused-ring (bicyclic) bond motifs is 1. The maximum atomic E-state index is 6.11. The van der Waals surface area contributed by atoms with Crippen LogP contribution in [0.15, 0.2) is 28.9 Å². The van der Waals surface area contributed by atoms with Crippen molar-refractivity contribution in [3.63, 3.8) is 0 Å². The first-order chi connectivity index (χ1) is 9.04. The molecule has 0 spiro atoms. The first-order valence-corrected chi connectivity index (χ1v) is 6.89. The molecule has 0 aliphatic rings. The Balaban J connectivity index is 2.57. The normalized spacial score (nSPS) is 12.6. The number of nitrogens with zero attached hydrogens (tertiary/aromatic N) is 2. The molecule has 1 heterocycles. The lowest BCUT2D eigenvalue weighted by molar-refractivity contribution is 0.183. The summed E-state index contributed by atoms with van der Waals surface area (Å²) in [5.74, 6) is 0. The zero-order chi connectivity index (χ0) is 14.0. The van der Waals surface area contributed by atoms with Crippen molar-refractivity contribution < 1.29 is 4.74 Å². The van der Waals surface area contributed by atoms with Crippen LogP contribution in [0.5, 0.6) is 0 Å². The molecule has 2 N–H and O–H groups in total. The molecule has 1 aromatic heterocycles. The predicted molar refractivity (Wildman–Crippen MR) is 83.6 cm³/mol. The Hall–Kier alpha value is -1.33. The first kappa shape index (κ1) is 14.1. The number of aromatic nitrogens is 1. The van der Waals surface area contributed by atoms with Crippen LogP contribution < -0.4 is 10.6 Å². The van der Waals surface area contributed by atoms with Crippen LogP contribution in [0.2, 0.25) is 0 Å². The molecule has 0 saturated heterocycles. The lowest BCUT2D eigenvalue weighted by Gasteiger charge is -2.28. The SMILES string of the molecule is COCC(C)N(C)c1c(N)cnc2ccc(Br)cc12. The molecule has 2 aromatic rings. The minimum atomic E-state index is 0.233. The van der Waals surface area contributed by atoms with Crippen molar-refractivity contribution in [2.45, 2.75) is 13.0 Å². The number of hydrogen-bond donors (Lipinski definition) is 1. The maximum Gasteiger partial charge on any atom is 0.0745 e. The van der Waals surface area contributed by atoms with E-state index in [0.29, 0.717) is 12.3 Å². The van der Waals surface area contributed by atoms with Crippen molar-refractivity contribution in [3.8, 4) is 0 Å². The highest BCUT2D eigenvalue weighted by Crippen LogP contribution is 2.33. The average Bonchev–Trinajstić information content (AvgIpc) is 2.38. The van der Waals surface area contributed by atoms with E-state index in [9.17, 15) is 0 Å². The summed E-state index contributed by atoms with van der Waals surface area (Å²) < 4.78 is 6.23. The molecule has 4 nitrogen and oxygen atoms in total. The number of ether oxygens (including phenoxy) is 1. The second kappa shape index (κ2) is 5.75. The van der Waals surface area contributed by atoms with Gasteiger partial charge in [0, 0.05) is 30.1 Å². The van der Waals surface area contributed by atoms with E-state index in [2.05, 4.69) is 32.7 Å². The maximum absolute atomic E-state index is 6.11. The molecular formula is C14H18BrN3O. The Morgan fingerprint density at radius 1 is 1.47 bits per heavy atom. The molecule has 0 bridgehead atoms. The van der Waals surface area contributed by atoms with Gasteiger partial charge in [-0.05, 0) is 25.1 Å². The van der Waals surface area contributed by atoms with Gasteiger partial charge in [0.15, 0.2) is 0 Å². The summed E-state index contributed by atoms with van der Waals surface area (Å²) >= 11 is 3.50. The van der Waals surface area contributed by atoms with Gasteiger partial charge in [-0.2, -0.15) is 0 Å². The fourth-order valence-electron chi connectivity index (χ4n) is 2.13. The fourth-order valence-corrected chi connectivity index (χ4v) is 2.49. The lowest BCUT2D eigenvalue weighted by Crippen LogP contribution is -2.33. The van der Waals surface area contributed by atoms with Crippen LogP contribution in [0.1, 0.15) is 6.92 Å². The molecular weight excluding hydrogens is 306 g/mol. The highest BCUT2D eigenvalue weighted by molar-refractivity contribution is 9.10. The number of hydrogen-bond acceptors (Lipinski definition) is 4. The summed E-state index contributed by atoms with van der Waals surface area (Å²) in [4.78, 5) is 6.50. The summed E-state index contributed by atoms with van der Waals surface area (Å²) in [6, 6.07) is 6.24. The topological polar surface area (TPSA) is 51.4 Å². The van der Waals surface area contributed by atoms with Gasteiger partial charge in [0.2, 0.25) is 0 Å². The molecule has 0 fully saturated rings. The third kappa shape index (κ3) is 2.82. The number of methoxy groups -OCH3 is 1. The van der Waals surface area contributed by atoms with E-state index >= 15 is 0 Å². The third-order valence-corrected chi connectivity index (χ3v) is 3.74. The monoisotopic (exact) mass is 323 g/mol. The van der Waals surface area contributed by atoms with Crippen LogP contribution in [0.4, 0.5) is 11.4 Å². The molecule has 1 atom stereocenters. The van der Waals surface area contributed by atoms with Gasteiger partial charge in [-0.15, -0.1) is 0 Å². The van der Waals surface area contributed by atoms with Gasteiger partial charge in [0.1, 0.15) is 0 Å². The van der Waals surface area contributed by atoms with Crippen molar-refractivity contribution in [1.82, 2.24) is 4.98 Å².